The molecule has 1 N–H and O–H groups in total. The van der Waals surface area contributed by atoms with Crippen LogP contribution in [0.1, 0.15) is 21.5 Å². The van der Waals surface area contributed by atoms with Gasteiger partial charge in [0.1, 0.15) is 18.2 Å². The van der Waals surface area contributed by atoms with Crippen LogP contribution < -0.4 is 10.1 Å². The van der Waals surface area contributed by atoms with Gasteiger partial charge in [-0.05, 0) is 49.1 Å². The smallest absolute Gasteiger partial charge is 0.251 e. The van der Waals surface area contributed by atoms with E-state index in [1.54, 1.807) is 51.4 Å². The van der Waals surface area contributed by atoms with Gasteiger partial charge in [0.05, 0.1) is 0 Å². The van der Waals surface area contributed by atoms with E-state index in [-0.39, 0.29) is 18.3 Å². The van der Waals surface area contributed by atoms with Crippen molar-refractivity contribution >= 4 is 17.7 Å². The maximum absolute atomic E-state index is 14.1. The van der Waals surface area contributed by atoms with Gasteiger partial charge in [-0.2, -0.15) is 0 Å². The van der Waals surface area contributed by atoms with Crippen molar-refractivity contribution in [1.29, 1.82) is 0 Å². The number of carbonyl (C=O) groups excluding carboxylic acids is 1. The molecular formula is C19H22FNO3S. The number of methoxy groups -OCH3 is 1. The SMILES string of the molecule is CNC(=O)c1ccc(OC(COC)(SC)c2ccc(C)c(F)c2)cc1. The molecule has 1 atom stereocenters. The molecule has 2 aromatic rings. The van der Waals surface area contributed by atoms with Gasteiger partial charge in [-0.3, -0.25) is 4.79 Å². The van der Waals surface area contributed by atoms with Gasteiger partial charge in [0.2, 0.25) is 4.93 Å². The molecule has 0 aliphatic rings. The van der Waals surface area contributed by atoms with Crippen molar-refractivity contribution < 1.29 is 18.7 Å². The lowest BCUT2D eigenvalue weighted by Gasteiger charge is -2.33. The van der Waals surface area contributed by atoms with E-state index in [0.29, 0.717) is 22.4 Å². The van der Waals surface area contributed by atoms with E-state index in [2.05, 4.69) is 5.32 Å². The number of rotatable bonds is 7. The summed E-state index contributed by atoms with van der Waals surface area (Å²) < 4.78 is 25.6. The molecule has 0 saturated carbocycles. The average Bonchev–Trinajstić information content (AvgIpc) is 2.63. The molecule has 25 heavy (non-hydrogen) atoms. The summed E-state index contributed by atoms with van der Waals surface area (Å²) in [6.45, 7) is 1.96. The van der Waals surface area contributed by atoms with Gasteiger partial charge in [-0.1, -0.05) is 12.1 Å². The van der Waals surface area contributed by atoms with Crippen molar-refractivity contribution in [3.8, 4) is 5.75 Å². The van der Waals surface area contributed by atoms with Crippen molar-refractivity contribution in [2.75, 3.05) is 27.0 Å². The molecule has 0 aliphatic carbocycles. The summed E-state index contributed by atoms with van der Waals surface area (Å²) in [6, 6.07) is 11.8. The summed E-state index contributed by atoms with van der Waals surface area (Å²) in [4.78, 5) is 10.8. The molecule has 0 heterocycles. The maximum Gasteiger partial charge on any atom is 0.251 e. The van der Waals surface area contributed by atoms with Gasteiger partial charge in [0.25, 0.3) is 5.91 Å². The van der Waals surface area contributed by atoms with E-state index in [0.717, 1.165) is 0 Å². The molecule has 1 amide bonds. The summed E-state index contributed by atoms with van der Waals surface area (Å²) in [5, 5.41) is 2.57. The Morgan fingerprint density at radius 3 is 2.44 bits per heavy atom. The lowest BCUT2D eigenvalue weighted by atomic mass is 10.1. The number of carbonyl (C=O) groups is 1. The lowest BCUT2D eigenvalue weighted by molar-refractivity contribution is 0.0553. The van der Waals surface area contributed by atoms with Crippen LogP contribution >= 0.6 is 11.8 Å². The second-order valence-corrected chi connectivity index (χ2v) is 6.63. The molecule has 6 heteroatoms. The zero-order valence-electron chi connectivity index (χ0n) is 14.8. The molecule has 1 unspecified atom stereocenters. The van der Waals surface area contributed by atoms with E-state index >= 15 is 0 Å². The second kappa shape index (κ2) is 8.36. The normalized spacial score (nSPS) is 13.2. The van der Waals surface area contributed by atoms with E-state index in [1.807, 2.05) is 12.3 Å². The van der Waals surface area contributed by atoms with Crippen LogP contribution in [-0.4, -0.2) is 32.9 Å². The number of halogens is 1. The summed E-state index contributed by atoms with van der Waals surface area (Å²) in [7, 11) is 3.16. The molecule has 0 aliphatic heterocycles. The minimum Gasteiger partial charge on any atom is -0.470 e. The number of hydrogen-bond donors (Lipinski definition) is 1. The first-order valence-electron chi connectivity index (χ1n) is 7.77. The molecule has 4 nitrogen and oxygen atoms in total. The van der Waals surface area contributed by atoms with Crippen molar-refractivity contribution in [1.82, 2.24) is 5.32 Å². The zero-order valence-corrected chi connectivity index (χ0v) is 15.6. The number of aryl methyl sites for hydroxylation is 1. The third-order valence-corrected chi connectivity index (χ3v) is 5.00. The van der Waals surface area contributed by atoms with E-state index in [1.165, 1.54) is 17.8 Å². The van der Waals surface area contributed by atoms with Crippen molar-refractivity contribution in [2.24, 2.45) is 0 Å². The molecule has 0 aromatic heterocycles. The minimum absolute atomic E-state index is 0.167. The first-order valence-corrected chi connectivity index (χ1v) is 9.00. The van der Waals surface area contributed by atoms with Gasteiger partial charge in [0, 0.05) is 25.3 Å². The Labute approximate surface area is 151 Å². The Kier molecular flexibility index (Phi) is 6.45. The molecule has 0 radical (unpaired) electrons. The van der Waals surface area contributed by atoms with Gasteiger partial charge in [0.15, 0.2) is 0 Å². The third-order valence-electron chi connectivity index (χ3n) is 3.90. The Bertz CT molecular complexity index is 736. The summed E-state index contributed by atoms with van der Waals surface area (Å²) in [5.74, 6) is 0.116. The monoisotopic (exact) mass is 363 g/mol. The van der Waals surface area contributed by atoms with Gasteiger partial charge in [-0.25, -0.2) is 4.39 Å². The van der Waals surface area contributed by atoms with Crippen LogP contribution in [0.2, 0.25) is 0 Å². The van der Waals surface area contributed by atoms with E-state index in [9.17, 15) is 9.18 Å². The number of hydrogen-bond acceptors (Lipinski definition) is 4. The highest BCUT2D eigenvalue weighted by atomic mass is 32.2. The molecule has 0 saturated heterocycles. The van der Waals surface area contributed by atoms with Crippen LogP contribution in [0.4, 0.5) is 4.39 Å². The highest BCUT2D eigenvalue weighted by Crippen LogP contribution is 2.38. The average molecular weight is 363 g/mol. The number of amides is 1. The first-order chi connectivity index (χ1) is 12.0. The molecule has 0 fully saturated rings. The van der Waals surface area contributed by atoms with Crippen LogP contribution in [0, 0.1) is 12.7 Å². The zero-order chi connectivity index (χ0) is 18.4. The van der Waals surface area contributed by atoms with Crippen LogP contribution in [-0.2, 0) is 9.67 Å². The number of benzene rings is 2. The molecule has 134 valence electrons. The minimum atomic E-state index is -0.891. The third kappa shape index (κ3) is 4.32. The largest absolute Gasteiger partial charge is 0.470 e. The molecule has 0 spiro atoms. The van der Waals surface area contributed by atoms with Crippen molar-refractivity contribution in [2.45, 2.75) is 11.9 Å². The number of ether oxygens (including phenoxy) is 2. The molecule has 2 aromatic carbocycles. The molecule has 0 bridgehead atoms. The Morgan fingerprint density at radius 2 is 1.92 bits per heavy atom. The fraction of sp³-hybridized carbons (Fsp3) is 0.316. The fourth-order valence-electron chi connectivity index (χ4n) is 2.42. The predicted octanol–water partition coefficient (Wildman–Crippen LogP) is 3.73. The van der Waals surface area contributed by atoms with Crippen LogP contribution in [0.25, 0.3) is 0 Å². The second-order valence-electron chi connectivity index (χ2n) is 5.56. The molecule has 2 rings (SSSR count). The van der Waals surface area contributed by atoms with Crippen molar-refractivity contribution in [3.63, 3.8) is 0 Å². The summed E-state index contributed by atoms with van der Waals surface area (Å²) in [6.07, 6.45) is 1.88. The highest BCUT2D eigenvalue weighted by molar-refractivity contribution is 7.99. The Balaban J connectivity index is 2.36. The van der Waals surface area contributed by atoms with Crippen LogP contribution in [0.15, 0.2) is 42.5 Å². The van der Waals surface area contributed by atoms with Gasteiger partial charge >= 0.3 is 0 Å². The van der Waals surface area contributed by atoms with E-state index in [4.69, 9.17) is 9.47 Å². The predicted molar refractivity (Wildman–Crippen MR) is 98.7 cm³/mol. The number of nitrogens with one attached hydrogen (secondary N) is 1. The summed E-state index contributed by atoms with van der Waals surface area (Å²) >= 11 is 1.43. The maximum atomic E-state index is 14.1. The number of thioether (sulfide) groups is 1. The van der Waals surface area contributed by atoms with Gasteiger partial charge < -0.3 is 14.8 Å². The fourth-order valence-corrected chi connectivity index (χ4v) is 3.20. The topological polar surface area (TPSA) is 47.6 Å². The quantitative estimate of drug-likeness (QED) is 0.762. The Morgan fingerprint density at radius 1 is 1.24 bits per heavy atom. The lowest BCUT2D eigenvalue weighted by Crippen LogP contribution is -2.34. The van der Waals surface area contributed by atoms with Gasteiger partial charge in [-0.15, -0.1) is 11.8 Å². The Hall–Kier alpha value is -2.05. The van der Waals surface area contributed by atoms with E-state index < -0.39 is 4.93 Å². The van der Waals surface area contributed by atoms with Crippen LogP contribution in [0.5, 0.6) is 5.75 Å². The van der Waals surface area contributed by atoms with Crippen LogP contribution in [0.3, 0.4) is 0 Å². The highest BCUT2D eigenvalue weighted by Gasteiger charge is 2.35. The van der Waals surface area contributed by atoms with Crippen molar-refractivity contribution in [3.05, 3.63) is 65.0 Å². The summed E-state index contributed by atoms with van der Waals surface area (Å²) in [5.41, 5.74) is 1.80. The molecular weight excluding hydrogens is 341 g/mol. The first kappa shape index (κ1) is 19.3. The standard InChI is InChI=1S/C19H22FNO3S/c1-13-5-8-15(11-17(13)20)19(25-4,12-23-3)24-16-9-6-14(7-10-16)18(22)21-2/h5-11H,12H2,1-4H3,(H,21,22).